The lowest BCUT2D eigenvalue weighted by Gasteiger charge is -2.10. The molecule has 1 aromatic heterocycles. The highest BCUT2D eigenvalue weighted by molar-refractivity contribution is 7.12. The fourth-order valence-corrected chi connectivity index (χ4v) is 2.48. The molecule has 3 N–H and O–H groups in total. The summed E-state index contributed by atoms with van der Waals surface area (Å²) in [6.07, 6.45) is -0.772. The Balaban J connectivity index is 2.06. The molecule has 3 amide bonds. The van der Waals surface area contributed by atoms with E-state index in [1.54, 1.807) is 24.4 Å². The summed E-state index contributed by atoms with van der Waals surface area (Å²) in [6.45, 7) is 1.82. The summed E-state index contributed by atoms with van der Waals surface area (Å²) in [4.78, 5) is 35.7. The Morgan fingerprint density at radius 3 is 2.62 bits per heavy atom. The van der Waals surface area contributed by atoms with Crippen LogP contribution < -0.4 is 16.2 Å². The highest BCUT2D eigenvalue weighted by atomic mass is 35.5. The molecule has 0 bridgehead atoms. The predicted molar refractivity (Wildman–Crippen MR) is 91.3 cm³/mol. The molecule has 0 radical (unpaired) electrons. The standard InChI is InChI=1S/C15H14ClN3O4S/c1-2-23-15(22)19-18-13(20)9-5-6-10(16)11(8-9)17-14(21)12-4-3-7-24-12/h3-8H,2H2,1H3,(H,17,21)(H,18,20)(H,19,22). The molecular weight excluding hydrogens is 354 g/mol. The minimum Gasteiger partial charge on any atom is -0.449 e. The molecule has 126 valence electrons. The fourth-order valence-electron chi connectivity index (χ4n) is 1.70. The number of rotatable bonds is 4. The van der Waals surface area contributed by atoms with Crippen LogP contribution >= 0.6 is 22.9 Å². The molecule has 9 heteroatoms. The molecule has 0 aliphatic carbocycles. The second-order valence-corrected chi connectivity index (χ2v) is 5.78. The molecular formula is C15H14ClN3O4S. The third-order valence-electron chi connectivity index (χ3n) is 2.78. The van der Waals surface area contributed by atoms with Crippen LogP contribution in [-0.4, -0.2) is 24.5 Å². The van der Waals surface area contributed by atoms with Crippen molar-refractivity contribution in [2.75, 3.05) is 11.9 Å². The Morgan fingerprint density at radius 2 is 1.96 bits per heavy atom. The van der Waals surface area contributed by atoms with Gasteiger partial charge in [0.25, 0.3) is 11.8 Å². The number of amides is 3. The number of thiophene rings is 1. The van der Waals surface area contributed by atoms with Crippen LogP contribution in [0.25, 0.3) is 0 Å². The van der Waals surface area contributed by atoms with E-state index in [0.29, 0.717) is 10.6 Å². The van der Waals surface area contributed by atoms with Gasteiger partial charge in [-0.3, -0.25) is 15.0 Å². The van der Waals surface area contributed by atoms with Gasteiger partial charge in [-0.2, -0.15) is 0 Å². The lowest BCUT2D eigenvalue weighted by Crippen LogP contribution is -2.41. The van der Waals surface area contributed by atoms with Gasteiger partial charge in [-0.15, -0.1) is 11.3 Å². The largest absolute Gasteiger partial charge is 0.449 e. The number of nitrogens with one attached hydrogen (secondary N) is 3. The van der Waals surface area contributed by atoms with E-state index < -0.39 is 12.0 Å². The molecule has 0 saturated carbocycles. The third-order valence-corrected chi connectivity index (χ3v) is 3.97. The van der Waals surface area contributed by atoms with Crippen molar-refractivity contribution in [3.05, 3.63) is 51.2 Å². The molecule has 0 saturated heterocycles. The molecule has 0 unspecified atom stereocenters. The van der Waals surface area contributed by atoms with E-state index in [9.17, 15) is 14.4 Å². The normalized spacial score (nSPS) is 9.92. The molecule has 2 rings (SSSR count). The molecule has 1 heterocycles. The lowest BCUT2D eigenvalue weighted by atomic mass is 10.2. The van der Waals surface area contributed by atoms with Gasteiger partial charge < -0.3 is 10.1 Å². The van der Waals surface area contributed by atoms with Gasteiger partial charge in [0.1, 0.15) is 0 Å². The molecule has 0 atom stereocenters. The Bertz CT molecular complexity index is 749. The van der Waals surface area contributed by atoms with E-state index in [4.69, 9.17) is 11.6 Å². The van der Waals surface area contributed by atoms with Crippen LogP contribution in [0.4, 0.5) is 10.5 Å². The average molecular weight is 368 g/mol. The maximum atomic E-state index is 12.1. The second kappa shape index (κ2) is 8.32. The van der Waals surface area contributed by atoms with Crippen LogP contribution in [0.1, 0.15) is 27.0 Å². The third kappa shape index (κ3) is 4.71. The van der Waals surface area contributed by atoms with E-state index in [1.165, 1.54) is 29.5 Å². The summed E-state index contributed by atoms with van der Waals surface area (Å²) in [5.41, 5.74) is 4.79. The maximum Gasteiger partial charge on any atom is 0.426 e. The van der Waals surface area contributed by atoms with E-state index >= 15 is 0 Å². The predicted octanol–water partition coefficient (Wildman–Crippen LogP) is 3.04. The minimum atomic E-state index is -0.772. The Labute approximate surface area is 146 Å². The van der Waals surface area contributed by atoms with E-state index in [-0.39, 0.29) is 23.1 Å². The van der Waals surface area contributed by atoms with Crippen LogP contribution in [0, 0.1) is 0 Å². The van der Waals surface area contributed by atoms with Gasteiger partial charge in [0.15, 0.2) is 0 Å². The summed E-state index contributed by atoms with van der Waals surface area (Å²) < 4.78 is 4.62. The molecule has 0 aliphatic rings. The number of ether oxygens (including phenoxy) is 1. The molecule has 1 aromatic carbocycles. The highest BCUT2D eigenvalue weighted by Crippen LogP contribution is 2.24. The molecule has 7 nitrogen and oxygen atoms in total. The van der Waals surface area contributed by atoms with Crippen molar-refractivity contribution in [2.45, 2.75) is 6.92 Å². The first-order valence-corrected chi connectivity index (χ1v) is 8.14. The summed E-state index contributed by atoms with van der Waals surface area (Å²) >= 11 is 7.33. The van der Waals surface area contributed by atoms with Crippen molar-refractivity contribution in [3.63, 3.8) is 0 Å². The SMILES string of the molecule is CCOC(=O)NNC(=O)c1ccc(Cl)c(NC(=O)c2cccs2)c1. The number of hydrogen-bond acceptors (Lipinski definition) is 5. The van der Waals surface area contributed by atoms with Gasteiger partial charge in [0, 0.05) is 5.56 Å². The molecule has 2 aromatic rings. The number of benzene rings is 1. The number of carbonyl (C=O) groups excluding carboxylic acids is 3. The van der Waals surface area contributed by atoms with Gasteiger partial charge in [0.05, 0.1) is 22.2 Å². The van der Waals surface area contributed by atoms with Crippen LogP contribution in [0.3, 0.4) is 0 Å². The maximum absolute atomic E-state index is 12.1. The van der Waals surface area contributed by atoms with Crippen LogP contribution in [0.15, 0.2) is 35.7 Å². The van der Waals surface area contributed by atoms with Gasteiger partial charge in [-0.25, -0.2) is 10.2 Å². The first-order valence-electron chi connectivity index (χ1n) is 6.88. The monoisotopic (exact) mass is 367 g/mol. The smallest absolute Gasteiger partial charge is 0.426 e. The van der Waals surface area contributed by atoms with Gasteiger partial charge in [0.2, 0.25) is 0 Å². The number of hydrogen-bond donors (Lipinski definition) is 3. The second-order valence-electron chi connectivity index (χ2n) is 4.43. The van der Waals surface area contributed by atoms with E-state index in [1.807, 2.05) is 0 Å². The number of anilines is 1. The van der Waals surface area contributed by atoms with Crippen molar-refractivity contribution in [2.24, 2.45) is 0 Å². The van der Waals surface area contributed by atoms with Crippen molar-refractivity contribution in [1.29, 1.82) is 0 Å². The Morgan fingerprint density at radius 1 is 1.17 bits per heavy atom. The van der Waals surface area contributed by atoms with E-state index in [2.05, 4.69) is 20.9 Å². The number of carbonyl (C=O) groups is 3. The molecule has 0 spiro atoms. The van der Waals surface area contributed by atoms with Crippen molar-refractivity contribution >= 4 is 46.5 Å². The first-order chi connectivity index (χ1) is 11.5. The van der Waals surface area contributed by atoms with Crippen LogP contribution in [-0.2, 0) is 4.74 Å². The van der Waals surface area contributed by atoms with Crippen molar-refractivity contribution in [3.8, 4) is 0 Å². The zero-order valence-corrected chi connectivity index (χ0v) is 14.2. The number of hydrazine groups is 1. The zero-order valence-electron chi connectivity index (χ0n) is 12.6. The van der Waals surface area contributed by atoms with Crippen LogP contribution in [0.2, 0.25) is 5.02 Å². The van der Waals surface area contributed by atoms with Gasteiger partial charge in [-0.1, -0.05) is 17.7 Å². The van der Waals surface area contributed by atoms with Crippen molar-refractivity contribution < 1.29 is 19.1 Å². The molecule has 24 heavy (non-hydrogen) atoms. The van der Waals surface area contributed by atoms with Crippen LogP contribution in [0.5, 0.6) is 0 Å². The average Bonchev–Trinajstić information content (AvgIpc) is 3.09. The first kappa shape index (κ1) is 17.8. The summed E-state index contributed by atoms with van der Waals surface area (Å²) in [5.74, 6) is -0.902. The number of halogens is 1. The zero-order chi connectivity index (χ0) is 17.5. The summed E-state index contributed by atoms with van der Waals surface area (Å²) in [7, 11) is 0. The summed E-state index contributed by atoms with van der Waals surface area (Å²) in [6, 6.07) is 7.78. The lowest BCUT2D eigenvalue weighted by molar-refractivity contribution is 0.0912. The highest BCUT2D eigenvalue weighted by Gasteiger charge is 2.13. The van der Waals surface area contributed by atoms with Gasteiger partial charge >= 0.3 is 6.09 Å². The van der Waals surface area contributed by atoms with E-state index in [0.717, 1.165) is 0 Å². The molecule has 0 aliphatic heterocycles. The summed E-state index contributed by atoms with van der Waals surface area (Å²) in [5, 5.41) is 4.71. The fraction of sp³-hybridized carbons (Fsp3) is 0.133. The quantitative estimate of drug-likeness (QED) is 0.723. The Kier molecular flexibility index (Phi) is 6.16. The van der Waals surface area contributed by atoms with Gasteiger partial charge in [-0.05, 0) is 36.6 Å². The Hall–Kier alpha value is -2.58. The minimum absolute atomic E-state index is 0.182. The van der Waals surface area contributed by atoms with Crippen molar-refractivity contribution in [1.82, 2.24) is 10.9 Å². The topological polar surface area (TPSA) is 96.5 Å². The molecule has 0 fully saturated rings.